The summed E-state index contributed by atoms with van der Waals surface area (Å²) in [5.41, 5.74) is 7.38. The van der Waals surface area contributed by atoms with E-state index in [2.05, 4.69) is 32.0 Å². The van der Waals surface area contributed by atoms with Crippen molar-refractivity contribution in [2.45, 2.75) is 45.3 Å². The zero-order valence-corrected chi connectivity index (χ0v) is 10.1. The van der Waals surface area contributed by atoms with Gasteiger partial charge in [-0.3, -0.25) is 0 Å². The van der Waals surface area contributed by atoms with Crippen LogP contribution in [0.1, 0.15) is 32.3 Å². The highest BCUT2D eigenvalue weighted by Crippen LogP contribution is 2.30. The van der Waals surface area contributed by atoms with Crippen LogP contribution in [0.15, 0.2) is 24.3 Å². The summed E-state index contributed by atoms with van der Waals surface area (Å²) in [5, 5.41) is 0. The molecule has 1 aromatic rings. The Morgan fingerprint density at radius 3 is 2.81 bits per heavy atom. The second-order valence-electron chi connectivity index (χ2n) is 5.04. The number of nitrogens with two attached hydrogens (primary N) is 1. The maximum Gasteiger partial charge on any atom is 0.123 e. The first-order chi connectivity index (χ1) is 7.66. The summed E-state index contributed by atoms with van der Waals surface area (Å²) in [6, 6.07) is 8.60. The number of rotatable bonds is 4. The van der Waals surface area contributed by atoms with Crippen molar-refractivity contribution in [2.75, 3.05) is 0 Å². The molecule has 2 nitrogen and oxygen atoms in total. The van der Waals surface area contributed by atoms with Crippen molar-refractivity contribution in [2.24, 2.45) is 11.7 Å². The van der Waals surface area contributed by atoms with Crippen molar-refractivity contribution in [3.8, 4) is 5.75 Å². The summed E-state index contributed by atoms with van der Waals surface area (Å²) in [6.07, 6.45) is 3.49. The highest BCUT2D eigenvalue weighted by Gasteiger charge is 2.22. The van der Waals surface area contributed by atoms with Gasteiger partial charge in [0.05, 0.1) is 0 Å². The molecule has 0 bridgehead atoms. The van der Waals surface area contributed by atoms with Gasteiger partial charge in [-0.05, 0) is 30.4 Å². The molecule has 0 amide bonds. The number of hydrogen-bond donors (Lipinski definition) is 1. The van der Waals surface area contributed by atoms with Crippen molar-refractivity contribution in [3.63, 3.8) is 0 Å². The maximum atomic E-state index is 6.04. The van der Waals surface area contributed by atoms with Gasteiger partial charge in [0.1, 0.15) is 11.9 Å². The Balaban J connectivity index is 1.83. The van der Waals surface area contributed by atoms with E-state index in [1.165, 1.54) is 5.56 Å². The predicted octanol–water partition coefficient (Wildman–Crippen LogP) is 2.75. The van der Waals surface area contributed by atoms with E-state index in [0.29, 0.717) is 18.1 Å². The van der Waals surface area contributed by atoms with Crippen LogP contribution >= 0.6 is 0 Å². The molecular weight excluding hydrogens is 198 g/mol. The average Bonchev–Trinajstić information content (AvgIpc) is 2.68. The van der Waals surface area contributed by atoms with Gasteiger partial charge in [0.25, 0.3) is 0 Å². The second kappa shape index (κ2) is 4.88. The van der Waals surface area contributed by atoms with Crippen LogP contribution < -0.4 is 10.5 Å². The zero-order chi connectivity index (χ0) is 11.5. The summed E-state index contributed by atoms with van der Waals surface area (Å²) in [5.74, 6) is 1.62. The van der Waals surface area contributed by atoms with E-state index in [9.17, 15) is 0 Å². The quantitative estimate of drug-likeness (QED) is 0.845. The van der Waals surface area contributed by atoms with Crippen molar-refractivity contribution >= 4 is 0 Å². The molecular formula is C14H21NO. The molecule has 1 aliphatic heterocycles. The van der Waals surface area contributed by atoms with Crippen LogP contribution in [0.3, 0.4) is 0 Å². The number of benzene rings is 1. The van der Waals surface area contributed by atoms with E-state index in [1.807, 2.05) is 6.07 Å². The molecule has 0 aromatic heterocycles. The largest absolute Gasteiger partial charge is 0.490 e. The van der Waals surface area contributed by atoms with Gasteiger partial charge in [-0.1, -0.05) is 32.0 Å². The summed E-state index contributed by atoms with van der Waals surface area (Å²) in [6.45, 7) is 4.35. The van der Waals surface area contributed by atoms with Crippen molar-refractivity contribution < 1.29 is 4.74 Å². The Morgan fingerprint density at radius 1 is 1.38 bits per heavy atom. The highest BCUT2D eigenvalue weighted by atomic mass is 16.5. The minimum absolute atomic E-state index is 0.298. The molecule has 0 fully saturated rings. The predicted molar refractivity (Wildman–Crippen MR) is 66.6 cm³/mol. The van der Waals surface area contributed by atoms with Crippen LogP contribution in [0.4, 0.5) is 0 Å². The molecule has 0 aliphatic carbocycles. The monoisotopic (exact) mass is 219 g/mol. The average molecular weight is 219 g/mol. The minimum Gasteiger partial charge on any atom is -0.490 e. The molecule has 0 radical (unpaired) electrons. The third-order valence-corrected chi connectivity index (χ3v) is 3.39. The number of para-hydroxylation sites is 1. The van der Waals surface area contributed by atoms with Gasteiger partial charge in [0, 0.05) is 12.5 Å². The van der Waals surface area contributed by atoms with E-state index in [-0.39, 0.29) is 0 Å². The highest BCUT2D eigenvalue weighted by molar-refractivity contribution is 5.37. The topological polar surface area (TPSA) is 35.2 Å². The summed E-state index contributed by atoms with van der Waals surface area (Å²) >= 11 is 0. The maximum absolute atomic E-state index is 6.04. The first kappa shape index (κ1) is 11.5. The smallest absolute Gasteiger partial charge is 0.123 e. The Kier molecular flexibility index (Phi) is 3.49. The molecule has 88 valence electrons. The van der Waals surface area contributed by atoms with Crippen LogP contribution in [0.5, 0.6) is 5.75 Å². The van der Waals surface area contributed by atoms with E-state index in [1.54, 1.807) is 0 Å². The van der Waals surface area contributed by atoms with Gasteiger partial charge in [-0.15, -0.1) is 0 Å². The molecule has 2 unspecified atom stereocenters. The molecule has 2 N–H and O–H groups in total. The lowest BCUT2D eigenvalue weighted by Crippen LogP contribution is -2.28. The van der Waals surface area contributed by atoms with Crippen LogP contribution in [-0.2, 0) is 6.42 Å². The molecule has 2 heteroatoms. The summed E-state index contributed by atoms with van der Waals surface area (Å²) < 4.78 is 5.88. The fourth-order valence-corrected chi connectivity index (χ4v) is 2.13. The lowest BCUT2D eigenvalue weighted by molar-refractivity contribution is 0.210. The summed E-state index contributed by atoms with van der Waals surface area (Å²) in [7, 11) is 0. The molecule has 1 aromatic carbocycles. The Labute approximate surface area is 97.8 Å². The van der Waals surface area contributed by atoms with Gasteiger partial charge in [-0.2, -0.15) is 0 Å². The number of hydrogen-bond acceptors (Lipinski definition) is 2. The van der Waals surface area contributed by atoms with Gasteiger partial charge in [-0.25, -0.2) is 0 Å². The molecule has 0 saturated heterocycles. The number of ether oxygens (including phenoxy) is 1. The van der Waals surface area contributed by atoms with Gasteiger partial charge in [0.15, 0.2) is 0 Å². The van der Waals surface area contributed by atoms with Crippen LogP contribution in [-0.4, -0.2) is 12.1 Å². The lowest BCUT2D eigenvalue weighted by atomic mass is 9.97. The van der Waals surface area contributed by atoms with Crippen molar-refractivity contribution in [1.29, 1.82) is 0 Å². The van der Waals surface area contributed by atoms with Crippen LogP contribution in [0.2, 0.25) is 0 Å². The molecule has 1 heterocycles. The van der Waals surface area contributed by atoms with Crippen LogP contribution in [0.25, 0.3) is 0 Å². The van der Waals surface area contributed by atoms with Crippen molar-refractivity contribution in [1.82, 2.24) is 0 Å². The first-order valence-corrected chi connectivity index (χ1v) is 6.17. The van der Waals surface area contributed by atoms with Crippen molar-refractivity contribution in [3.05, 3.63) is 29.8 Å². The fourth-order valence-electron chi connectivity index (χ4n) is 2.13. The Bertz CT molecular complexity index is 323. The minimum atomic E-state index is 0.298. The van der Waals surface area contributed by atoms with E-state index < -0.39 is 0 Å². The van der Waals surface area contributed by atoms with E-state index >= 15 is 0 Å². The third-order valence-electron chi connectivity index (χ3n) is 3.39. The van der Waals surface area contributed by atoms with Crippen LogP contribution in [0, 0.1) is 5.92 Å². The van der Waals surface area contributed by atoms with Gasteiger partial charge in [0.2, 0.25) is 0 Å². The van der Waals surface area contributed by atoms with Gasteiger partial charge >= 0.3 is 0 Å². The summed E-state index contributed by atoms with van der Waals surface area (Å²) in [4.78, 5) is 0. The zero-order valence-electron chi connectivity index (χ0n) is 10.1. The molecule has 1 aliphatic rings. The SMILES string of the molecule is CC(C)C(N)CCC1Cc2ccccc2O1. The lowest BCUT2D eigenvalue weighted by Gasteiger charge is -2.17. The normalized spacial score (nSPS) is 20.6. The number of fused-ring (bicyclic) bond motifs is 1. The fraction of sp³-hybridized carbons (Fsp3) is 0.571. The molecule has 16 heavy (non-hydrogen) atoms. The van der Waals surface area contributed by atoms with Gasteiger partial charge < -0.3 is 10.5 Å². The second-order valence-corrected chi connectivity index (χ2v) is 5.04. The van der Waals surface area contributed by atoms with E-state index in [4.69, 9.17) is 10.5 Å². The third kappa shape index (κ3) is 2.56. The molecule has 2 atom stereocenters. The van der Waals surface area contributed by atoms with E-state index in [0.717, 1.165) is 25.0 Å². The molecule has 0 spiro atoms. The first-order valence-electron chi connectivity index (χ1n) is 6.17. The Morgan fingerprint density at radius 2 is 2.12 bits per heavy atom. The molecule has 0 saturated carbocycles. The Hall–Kier alpha value is -1.02. The molecule has 2 rings (SSSR count). The standard InChI is InChI=1S/C14H21NO/c1-10(2)13(15)8-7-12-9-11-5-3-4-6-14(11)16-12/h3-6,10,12-13H,7-9,15H2,1-2H3.